The summed E-state index contributed by atoms with van der Waals surface area (Å²) >= 11 is 0. The number of nitrogens with two attached hydrogens (primary N) is 1. The van der Waals surface area contributed by atoms with Crippen molar-refractivity contribution < 1.29 is 24.3 Å². The molecule has 22 heavy (non-hydrogen) atoms. The molecule has 2 aromatic carbocycles. The van der Waals surface area contributed by atoms with E-state index in [1.165, 1.54) is 6.07 Å². The van der Waals surface area contributed by atoms with Crippen LogP contribution >= 0.6 is 0 Å². The zero-order valence-corrected chi connectivity index (χ0v) is 12.6. The lowest BCUT2D eigenvalue weighted by Gasteiger charge is -2.12. The van der Waals surface area contributed by atoms with Crippen LogP contribution in [-0.2, 0) is 13.2 Å². The molecule has 0 atom stereocenters. The molecule has 0 aliphatic carbocycles. The van der Waals surface area contributed by atoms with Crippen molar-refractivity contribution in [1.29, 1.82) is 0 Å². The highest BCUT2D eigenvalue weighted by atomic mass is 19.1. The number of ether oxygens (including phenoxy) is 2. The third kappa shape index (κ3) is 4.44. The Morgan fingerprint density at radius 1 is 1.14 bits per heavy atom. The Labute approximate surface area is 129 Å². The molecule has 0 fully saturated rings. The molecule has 0 bridgehead atoms. The number of aliphatic hydroxyl groups is 1. The van der Waals surface area contributed by atoms with E-state index in [4.69, 9.17) is 14.6 Å². The number of halogens is 1. The van der Waals surface area contributed by atoms with Gasteiger partial charge in [0.15, 0.2) is 11.5 Å². The smallest absolute Gasteiger partial charge is 0.161 e. The second-order valence-corrected chi connectivity index (χ2v) is 4.87. The van der Waals surface area contributed by atoms with Gasteiger partial charge >= 0.3 is 0 Å². The lowest BCUT2D eigenvalue weighted by Crippen LogP contribution is -2.83. The molecule has 0 saturated heterocycles. The molecule has 3 N–H and O–H groups in total. The highest BCUT2D eigenvalue weighted by Crippen LogP contribution is 2.28. The largest absolute Gasteiger partial charge is 0.493 e. The molecule has 0 unspecified atom stereocenters. The quantitative estimate of drug-likeness (QED) is 0.726. The minimum absolute atomic E-state index is 0.152. The SMILES string of the molecule is COc1cc(C[NH2+]CCO)ccc1OCc1ccccc1F. The van der Waals surface area contributed by atoms with Gasteiger partial charge in [-0.05, 0) is 24.3 Å². The Hall–Kier alpha value is -2.11. The van der Waals surface area contributed by atoms with Gasteiger partial charge in [-0.15, -0.1) is 0 Å². The van der Waals surface area contributed by atoms with Gasteiger partial charge in [-0.2, -0.15) is 0 Å². The normalized spacial score (nSPS) is 10.5. The van der Waals surface area contributed by atoms with Crippen LogP contribution in [0.2, 0.25) is 0 Å². The van der Waals surface area contributed by atoms with Crippen molar-refractivity contribution in [3.63, 3.8) is 0 Å². The number of methoxy groups -OCH3 is 1. The molecule has 2 aromatic rings. The van der Waals surface area contributed by atoms with Crippen LogP contribution in [0.1, 0.15) is 11.1 Å². The Kier molecular flexibility index (Phi) is 6.18. The first-order chi connectivity index (χ1) is 10.7. The van der Waals surface area contributed by atoms with Gasteiger partial charge in [0.1, 0.15) is 19.0 Å². The van der Waals surface area contributed by atoms with Gasteiger partial charge in [0, 0.05) is 11.1 Å². The van der Waals surface area contributed by atoms with Crippen LogP contribution in [0.15, 0.2) is 42.5 Å². The standard InChI is InChI=1S/C17H20FNO3/c1-21-17-10-13(11-19-8-9-20)6-7-16(17)22-12-14-4-2-3-5-15(14)18/h2-7,10,19-20H,8-9,11-12H2,1H3/p+1. The van der Waals surface area contributed by atoms with Gasteiger partial charge in [-0.3, -0.25) is 0 Å². The maximum absolute atomic E-state index is 13.6. The van der Waals surface area contributed by atoms with Gasteiger partial charge in [0.2, 0.25) is 0 Å². The van der Waals surface area contributed by atoms with Crippen LogP contribution in [0.5, 0.6) is 11.5 Å². The Morgan fingerprint density at radius 2 is 1.95 bits per heavy atom. The van der Waals surface area contributed by atoms with E-state index in [1.807, 2.05) is 23.5 Å². The molecule has 5 heteroatoms. The Balaban J connectivity index is 2.03. The lowest BCUT2D eigenvalue weighted by molar-refractivity contribution is -0.671. The predicted octanol–water partition coefficient (Wildman–Crippen LogP) is 1.47. The summed E-state index contributed by atoms with van der Waals surface area (Å²) in [5.41, 5.74) is 1.58. The van der Waals surface area contributed by atoms with Crippen molar-refractivity contribution >= 4 is 0 Å². The summed E-state index contributed by atoms with van der Waals surface area (Å²) in [6.45, 7) is 1.72. The minimum atomic E-state index is -0.281. The van der Waals surface area contributed by atoms with E-state index in [9.17, 15) is 4.39 Å². The summed E-state index contributed by atoms with van der Waals surface area (Å²) in [6, 6.07) is 12.2. The first-order valence-electron chi connectivity index (χ1n) is 7.20. The molecule has 0 aromatic heterocycles. The zero-order valence-electron chi connectivity index (χ0n) is 12.6. The third-order valence-corrected chi connectivity index (χ3v) is 3.28. The van der Waals surface area contributed by atoms with E-state index in [-0.39, 0.29) is 19.0 Å². The molecule has 0 aliphatic heterocycles. The zero-order chi connectivity index (χ0) is 15.8. The summed E-state index contributed by atoms with van der Waals surface area (Å²) in [5.74, 6) is 0.916. The lowest BCUT2D eigenvalue weighted by atomic mass is 10.2. The summed E-state index contributed by atoms with van der Waals surface area (Å²) in [4.78, 5) is 0. The highest BCUT2D eigenvalue weighted by molar-refractivity contribution is 5.42. The van der Waals surface area contributed by atoms with Gasteiger partial charge < -0.3 is 19.9 Å². The van der Waals surface area contributed by atoms with Crippen molar-refractivity contribution in [3.05, 3.63) is 59.4 Å². The van der Waals surface area contributed by atoms with Gasteiger partial charge in [0.25, 0.3) is 0 Å². The third-order valence-electron chi connectivity index (χ3n) is 3.28. The van der Waals surface area contributed by atoms with Crippen molar-refractivity contribution in [2.75, 3.05) is 20.3 Å². The Morgan fingerprint density at radius 3 is 2.68 bits per heavy atom. The van der Waals surface area contributed by atoms with Gasteiger partial charge in [0.05, 0.1) is 20.3 Å². The highest BCUT2D eigenvalue weighted by Gasteiger charge is 2.08. The number of hydrogen-bond acceptors (Lipinski definition) is 3. The summed E-state index contributed by atoms with van der Waals surface area (Å²) in [7, 11) is 1.58. The fourth-order valence-corrected chi connectivity index (χ4v) is 2.09. The molecular weight excluding hydrogens is 285 g/mol. The monoisotopic (exact) mass is 306 g/mol. The van der Waals surface area contributed by atoms with Gasteiger partial charge in [-0.1, -0.05) is 18.2 Å². The average Bonchev–Trinajstić information content (AvgIpc) is 2.55. The van der Waals surface area contributed by atoms with E-state index >= 15 is 0 Å². The summed E-state index contributed by atoms with van der Waals surface area (Å²) in [6.07, 6.45) is 0. The molecule has 0 aliphatic rings. The molecule has 0 saturated carbocycles. The van der Waals surface area contributed by atoms with E-state index < -0.39 is 0 Å². The molecule has 0 amide bonds. The molecule has 118 valence electrons. The fraction of sp³-hybridized carbons (Fsp3) is 0.294. The Bertz CT molecular complexity index is 604. The van der Waals surface area contributed by atoms with Gasteiger partial charge in [-0.25, -0.2) is 4.39 Å². The van der Waals surface area contributed by atoms with Crippen LogP contribution in [0.25, 0.3) is 0 Å². The number of aliphatic hydroxyl groups excluding tert-OH is 1. The summed E-state index contributed by atoms with van der Waals surface area (Å²) in [5, 5.41) is 10.8. The van der Waals surface area contributed by atoms with Crippen molar-refractivity contribution in [1.82, 2.24) is 0 Å². The average molecular weight is 306 g/mol. The first-order valence-corrected chi connectivity index (χ1v) is 7.20. The minimum Gasteiger partial charge on any atom is -0.493 e. The van der Waals surface area contributed by atoms with Crippen LogP contribution in [-0.4, -0.2) is 25.4 Å². The number of benzene rings is 2. The molecule has 0 heterocycles. The van der Waals surface area contributed by atoms with E-state index in [2.05, 4.69) is 0 Å². The second kappa shape index (κ2) is 8.36. The number of quaternary nitrogens is 1. The van der Waals surface area contributed by atoms with E-state index in [0.717, 1.165) is 12.1 Å². The molecule has 0 radical (unpaired) electrons. The van der Waals surface area contributed by atoms with Crippen molar-refractivity contribution in [2.24, 2.45) is 0 Å². The van der Waals surface area contributed by atoms with Crippen molar-refractivity contribution in [3.8, 4) is 11.5 Å². The maximum Gasteiger partial charge on any atom is 0.161 e. The molecule has 0 spiro atoms. The van der Waals surface area contributed by atoms with Crippen LogP contribution in [0.4, 0.5) is 4.39 Å². The molecule has 2 rings (SSSR count). The van der Waals surface area contributed by atoms with Crippen molar-refractivity contribution in [2.45, 2.75) is 13.2 Å². The topological polar surface area (TPSA) is 55.3 Å². The number of rotatable bonds is 8. The van der Waals surface area contributed by atoms with E-state index in [0.29, 0.717) is 23.6 Å². The van der Waals surface area contributed by atoms with Crippen LogP contribution in [0, 0.1) is 5.82 Å². The number of hydrogen-bond donors (Lipinski definition) is 2. The van der Waals surface area contributed by atoms with Crippen LogP contribution in [0.3, 0.4) is 0 Å². The molecular formula is C17H21FNO3+. The predicted molar refractivity (Wildman–Crippen MR) is 81.3 cm³/mol. The molecule has 4 nitrogen and oxygen atoms in total. The fourth-order valence-electron chi connectivity index (χ4n) is 2.09. The van der Waals surface area contributed by atoms with E-state index in [1.54, 1.807) is 25.3 Å². The second-order valence-electron chi connectivity index (χ2n) is 4.87. The van der Waals surface area contributed by atoms with Crippen LogP contribution < -0.4 is 14.8 Å². The maximum atomic E-state index is 13.6. The first kappa shape index (κ1) is 16.3. The summed E-state index contributed by atoms with van der Waals surface area (Å²) < 4.78 is 24.6.